The molecular weight excluding hydrogens is 394 g/mol. The van der Waals surface area contributed by atoms with Crippen LogP contribution in [0.4, 0.5) is 0 Å². The Hall–Kier alpha value is -3.28. The van der Waals surface area contributed by atoms with E-state index >= 15 is 0 Å². The normalized spacial score (nSPS) is 14.4. The number of furan rings is 1. The highest BCUT2D eigenvalue weighted by atomic mass is 16.5. The van der Waals surface area contributed by atoms with Crippen molar-refractivity contribution in [3.63, 3.8) is 0 Å². The van der Waals surface area contributed by atoms with Gasteiger partial charge in [0.2, 0.25) is 5.76 Å². The number of fused-ring (bicyclic) bond motifs is 1. The number of hydrogen-bond donors (Lipinski definition) is 0. The van der Waals surface area contributed by atoms with E-state index in [1.54, 1.807) is 18.0 Å². The molecule has 6 heteroatoms. The quantitative estimate of drug-likeness (QED) is 0.505. The number of nitrogens with zero attached hydrogens (tertiary/aromatic N) is 1. The van der Waals surface area contributed by atoms with E-state index in [9.17, 15) is 9.59 Å². The molecule has 1 saturated carbocycles. The van der Waals surface area contributed by atoms with E-state index in [0.717, 1.165) is 31.1 Å². The number of likely N-dealkylation sites (N-methyl/N-ethyl adjacent to an activating group) is 1. The summed E-state index contributed by atoms with van der Waals surface area (Å²) < 4.78 is 17.0. The van der Waals surface area contributed by atoms with Gasteiger partial charge in [0.05, 0.1) is 5.56 Å². The van der Waals surface area contributed by atoms with Crippen molar-refractivity contribution < 1.29 is 23.5 Å². The van der Waals surface area contributed by atoms with Gasteiger partial charge in [-0.25, -0.2) is 4.79 Å². The molecule has 2 aromatic carbocycles. The minimum atomic E-state index is -0.659. The van der Waals surface area contributed by atoms with Crippen molar-refractivity contribution in [1.82, 2.24) is 4.90 Å². The molecule has 0 aliphatic heterocycles. The lowest BCUT2D eigenvalue weighted by Crippen LogP contribution is -2.40. The van der Waals surface area contributed by atoms with E-state index in [2.05, 4.69) is 0 Å². The number of hydrogen-bond acceptors (Lipinski definition) is 5. The van der Waals surface area contributed by atoms with Gasteiger partial charge in [-0.2, -0.15) is 0 Å². The predicted octanol–water partition coefficient (Wildman–Crippen LogP) is 4.96. The first kappa shape index (κ1) is 21.0. The summed E-state index contributed by atoms with van der Waals surface area (Å²) in [7, 11) is 1.78. The maximum absolute atomic E-state index is 12.8. The van der Waals surface area contributed by atoms with Gasteiger partial charge >= 0.3 is 5.97 Å². The summed E-state index contributed by atoms with van der Waals surface area (Å²) in [6.07, 6.45) is 5.48. The summed E-state index contributed by atoms with van der Waals surface area (Å²) in [6.45, 7) is -0.150. The number of carbonyl (C=O) groups is 2. The van der Waals surface area contributed by atoms with E-state index in [0.29, 0.717) is 16.9 Å². The van der Waals surface area contributed by atoms with Gasteiger partial charge in [0.25, 0.3) is 5.91 Å². The van der Waals surface area contributed by atoms with Crippen LogP contribution in [0.15, 0.2) is 59.0 Å². The zero-order chi connectivity index (χ0) is 21.6. The van der Waals surface area contributed by atoms with Crippen LogP contribution >= 0.6 is 0 Å². The van der Waals surface area contributed by atoms with E-state index in [-0.39, 0.29) is 30.9 Å². The third kappa shape index (κ3) is 4.90. The van der Waals surface area contributed by atoms with Crippen molar-refractivity contribution in [1.29, 1.82) is 0 Å². The lowest BCUT2D eigenvalue weighted by Gasteiger charge is -2.31. The van der Waals surface area contributed by atoms with Gasteiger partial charge in [-0.1, -0.05) is 55.7 Å². The molecule has 162 valence electrons. The molecule has 0 atom stereocenters. The van der Waals surface area contributed by atoms with Crippen LogP contribution in [-0.4, -0.2) is 36.5 Å². The molecule has 0 spiro atoms. The van der Waals surface area contributed by atoms with Gasteiger partial charge in [-0.05, 0) is 31.0 Å². The predicted molar refractivity (Wildman–Crippen MR) is 117 cm³/mol. The van der Waals surface area contributed by atoms with Crippen molar-refractivity contribution >= 4 is 22.8 Å². The highest BCUT2D eigenvalue weighted by molar-refractivity contribution is 5.96. The lowest BCUT2D eigenvalue weighted by molar-refractivity contribution is -0.135. The molecule has 0 N–H and O–H groups in total. The topological polar surface area (TPSA) is 69.0 Å². The van der Waals surface area contributed by atoms with Crippen molar-refractivity contribution in [2.45, 2.75) is 44.8 Å². The standard InChI is InChI=1S/C25H27NO5/c1-26(18-10-4-2-5-11-18)23(27)17-30-25(28)24-21(16-29-19-12-6-3-7-13-19)20-14-8-9-15-22(20)31-24/h3,6-9,12-15,18H,2,4-5,10-11,16-17H2,1H3. The van der Waals surface area contributed by atoms with Gasteiger partial charge in [0.1, 0.15) is 17.9 Å². The van der Waals surface area contributed by atoms with Gasteiger partial charge < -0.3 is 18.8 Å². The molecule has 31 heavy (non-hydrogen) atoms. The zero-order valence-corrected chi connectivity index (χ0v) is 17.7. The molecule has 1 fully saturated rings. The van der Waals surface area contributed by atoms with Crippen LogP contribution in [0, 0.1) is 0 Å². The monoisotopic (exact) mass is 421 g/mol. The number of rotatable bonds is 7. The van der Waals surface area contributed by atoms with Crippen molar-refractivity contribution in [3.8, 4) is 5.75 Å². The van der Waals surface area contributed by atoms with E-state index in [1.165, 1.54) is 6.42 Å². The second-order valence-electron chi connectivity index (χ2n) is 7.88. The Bertz CT molecular complexity index is 1040. The smallest absolute Gasteiger partial charge is 0.375 e. The van der Waals surface area contributed by atoms with Gasteiger partial charge in [0, 0.05) is 18.5 Å². The van der Waals surface area contributed by atoms with E-state index in [4.69, 9.17) is 13.9 Å². The van der Waals surface area contributed by atoms with Gasteiger partial charge in [-0.3, -0.25) is 4.79 Å². The number of ether oxygens (including phenoxy) is 2. The number of carbonyl (C=O) groups excluding carboxylic acids is 2. The maximum atomic E-state index is 12.8. The minimum absolute atomic E-state index is 0.0743. The van der Waals surface area contributed by atoms with Crippen molar-refractivity contribution in [2.75, 3.05) is 13.7 Å². The first-order chi connectivity index (χ1) is 15.1. The van der Waals surface area contributed by atoms with Gasteiger partial charge in [0.15, 0.2) is 6.61 Å². The summed E-state index contributed by atoms with van der Waals surface area (Å²) in [5.74, 6) is -0.0895. The van der Waals surface area contributed by atoms with Crippen LogP contribution in [0.2, 0.25) is 0 Å². The molecule has 3 aromatic rings. The maximum Gasteiger partial charge on any atom is 0.375 e. The molecule has 0 bridgehead atoms. The Kier molecular flexibility index (Phi) is 6.55. The third-order valence-corrected chi connectivity index (χ3v) is 5.85. The van der Waals surface area contributed by atoms with Crippen LogP contribution in [0.3, 0.4) is 0 Å². The Balaban J connectivity index is 1.46. The van der Waals surface area contributed by atoms with Crippen LogP contribution in [-0.2, 0) is 16.1 Å². The molecule has 4 rings (SSSR count). The fourth-order valence-electron chi connectivity index (χ4n) is 4.05. The summed E-state index contributed by atoms with van der Waals surface area (Å²) in [4.78, 5) is 27.1. The Morgan fingerprint density at radius 3 is 2.48 bits per heavy atom. The van der Waals surface area contributed by atoms with Crippen LogP contribution in [0.1, 0.15) is 48.2 Å². The fourth-order valence-corrected chi connectivity index (χ4v) is 4.05. The molecule has 6 nitrogen and oxygen atoms in total. The summed E-state index contributed by atoms with van der Waals surface area (Å²) in [5, 5.41) is 0.788. The van der Waals surface area contributed by atoms with Crippen LogP contribution in [0.5, 0.6) is 5.75 Å². The lowest BCUT2D eigenvalue weighted by atomic mass is 9.94. The second kappa shape index (κ2) is 9.69. The number of esters is 1. The SMILES string of the molecule is CN(C(=O)COC(=O)c1oc2ccccc2c1COc1ccccc1)C1CCCCC1. The van der Waals surface area contributed by atoms with Gasteiger partial charge in [-0.15, -0.1) is 0 Å². The first-order valence-corrected chi connectivity index (χ1v) is 10.7. The molecule has 0 unspecified atom stereocenters. The molecule has 1 aliphatic carbocycles. The summed E-state index contributed by atoms with van der Waals surface area (Å²) >= 11 is 0. The van der Waals surface area contributed by atoms with E-state index < -0.39 is 5.97 Å². The Labute approximate surface area is 181 Å². The number of para-hydroxylation sites is 2. The molecule has 1 amide bonds. The molecule has 0 saturated heterocycles. The highest BCUT2D eigenvalue weighted by Gasteiger charge is 2.26. The molecule has 0 radical (unpaired) electrons. The second-order valence-corrected chi connectivity index (χ2v) is 7.88. The molecule has 1 aromatic heterocycles. The fraction of sp³-hybridized carbons (Fsp3) is 0.360. The highest BCUT2D eigenvalue weighted by Crippen LogP contribution is 2.28. The first-order valence-electron chi connectivity index (χ1n) is 10.7. The van der Waals surface area contributed by atoms with Crippen molar-refractivity contribution in [3.05, 3.63) is 65.9 Å². The molecule has 1 aliphatic rings. The largest absolute Gasteiger partial charge is 0.489 e. The van der Waals surface area contributed by atoms with E-state index in [1.807, 2.05) is 48.5 Å². The Morgan fingerprint density at radius 1 is 1.00 bits per heavy atom. The van der Waals surface area contributed by atoms with Crippen LogP contribution in [0.25, 0.3) is 11.0 Å². The number of benzene rings is 2. The minimum Gasteiger partial charge on any atom is -0.489 e. The molecule has 1 heterocycles. The third-order valence-electron chi connectivity index (χ3n) is 5.85. The molecular formula is C25H27NO5. The summed E-state index contributed by atoms with van der Waals surface area (Å²) in [5.41, 5.74) is 1.18. The average Bonchev–Trinajstić information content (AvgIpc) is 3.20. The average molecular weight is 421 g/mol. The van der Waals surface area contributed by atoms with Crippen molar-refractivity contribution in [2.24, 2.45) is 0 Å². The Morgan fingerprint density at radius 2 is 1.71 bits per heavy atom. The zero-order valence-electron chi connectivity index (χ0n) is 17.7. The number of amides is 1. The van der Waals surface area contributed by atoms with Crippen LogP contribution < -0.4 is 4.74 Å². The summed E-state index contributed by atoms with van der Waals surface area (Å²) in [6, 6.07) is 17.0.